The Labute approximate surface area is 177 Å². The van der Waals surface area contributed by atoms with Gasteiger partial charge in [0.1, 0.15) is 10.6 Å². The van der Waals surface area contributed by atoms with Crippen LogP contribution in [0, 0.1) is 10.1 Å². The number of hydrogen-bond donors (Lipinski definition) is 1. The number of nitrogens with one attached hydrogen (secondary N) is 1. The smallest absolute Gasteiger partial charge is 0.341 e. The zero-order chi connectivity index (χ0) is 21.5. The van der Waals surface area contributed by atoms with Crippen molar-refractivity contribution in [1.29, 1.82) is 0 Å². The Morgan fingerprint density at radius 3 is 2.60 bits per heavy atom. The van der Waals surface area contributed by atoms with E-state index in [0.717, 1.165) is 5.56 Å². The number of anilines is 1. The third kappa shape index (κ3) is 5.09. The summed E-state index contributed by atoms with van der Waals surface area (Å²) >= 11 is 1.19. The van der Waals surface area contributed by atoms with Crippen LogP contribution < -0.4 is 5.32 Å². The van der Waals surface area contributed by atoms with Gasteiger partial charge in [0.25, 0.3) is 5.69 Å². The van der Waals surface area contributed by atoms with E-state index in [0.29, 0.717) is 22.5 Å². The first-order chi connectivity index (χ1) is 14.5. The van der Waals surface area contributed by atoms with E-state index in [1.165, 1.54) is 23.5 Å². The number of hydrogen-bond acceptors (Lipinski definition) is 6. The van der Waals surface area contributed by atoms with Crippen molar-refractivity contribution in [2.24, 2.45) is 0 Å². The van der Waals surface area contributed by atoms with Crippen LogP contribution in [0.3, 0.4) is 0 Å². The van der Waals surface area contributed by atoms with Crippen molar-refractivity contribution in [3.05, 3.63) is 81.2 Å². The van der Waals surface area contributed by atoms with Gasteiger partial charge in [-0.05, 0) is 24.5 Å². The van der Waals surface area contributed by atoms with E-state index in [-0.39, 0.29) is 30.2 Å². The largest absolute Gasteiger partial charge is 0.462 e. The standard InChI is InChI=1S/C22H20N2O5S/c1-2-29-22(26)20-18(16-9-6-10-17(13-16)24(27)28)14-30-21(20)23-19(25)12-11-15-7-4-3-5-8-15/h3-10,13-14H,2,11-12H2,1H3,(H,23,25). The van der Waals surface area contributed by atoms with E-state index in [1.54, 1.807) is 24.4 Å². The molecule has 0 aliphatic rings. The summed E-state index contributed by atoms with van der Waals surface area (Å²) in [5, 5.41) is 16.0. The highest BCUT2D eigenvalue weighted by molar-refractivity contribution is 7.15. The van der Waals surface area contributed by atoms with Gasteiger partial charge in [0.15, 0.2) is 0 Å². The van der Waals surface area contributed by atoms with Crippen molar-refractivity contribution in [2.45, 2.75) is 19.8 Å². The van der Waals surface area contributed by atoms with Crippen molar-refractivity contribution in [2.75, 3.05) is 11.9 Å². The monoisotopic (exact) mass is 424 g/mol. The number of amides is 1. The molecule has 0 saturated carbocycles. The highest BCUT2D eigenvalue weighted by Crippen LogP contribution is 2.37. The lowest BCUT2D eigenvalue weighted by atomic mass is 10.0. The van der Waals surface area contributed by atoms with Gasteiger partial charge in [-0.15, -0.1) is 11.3 Å². The first kappa shape index (κ1) is 21.2. The molecule has 0 radical (unpaired) electrons. The molecule has 0 aliphatic heterocycles. The molecule has 3 aromatic rings. The number of nitro groups is 1. The molecule has 0 saturated heterocycles. The molecule has 154 valence electrons. The minimum atomic E-state index is -0.585. The average molecular weight is 424 g/mol. The number of nitrogens with zero attached hydrogens (tertiary/aromatic N) is 1. The molecule has 0 atom stereocenters. The van der Waals surface area contributed by atoms with E-state index in [4.69, 9.17) is 4.74 Å². The number of carbonyl (C=O) groups is 2. The maximum absolute atomic E-state index is 12.6. The normalized spacial score (nSPS) is 10.4. The summed E-state index contributed by atoms with van der Waals surface area (Å²) in [4.78, 5) is 35.7. The average Bonchev–Trinajstić information content (AvgIpc) is 3.17. The second kappa shape index (κ2) is 9.80. The lowest BCUT2D eigenvalue weighted by molar-refractivity contribution is -0.384. The number of rotatable bonds is 8. The van der Waals surface area contributed by atoms with Crippen LogP contribution in [0.2, 0.25) is 0 Å². The molecular formula is C22H20N2O5S. The first-order valence-electron chi connectivity index (χ1n) is 9.36. The highest BCUT2D eigenvalue weighted by Gasteiger charge is 2.23. The zero-order valence-corrected chi connectivity index (χ0v) is 17.1. The van der Waals surface area contributed by atoms with E-state index < -0.39 is 10.9 Å². The lowest BCUT2D eigenvalue weighted by Crippen LogP contribution is -2.15. The number of non-ortho nitro benzene ring substituents is 1. The number of carbonyl (C=O) groups excluding carboxylic acids is 2. The number of nitro benzene ring substituents is 1. The van der Waals surface area contributed by atoms with Gasteiger partial charge >= 0.3 is 5.97 Å². The third-order valence-corrected chi connectivity index (χ3v) is 5.27. The Balaban J connectivity index is 1.86. The molecule has 0 spiro atoms. The van der Waals surface area contributed by atoms with Gasteiger partial charge in [0.2, 0.25) is 5.91 Å². The van der Waals surface area contributed by atoms with Gasteiger partial charge in [0.05, 0.1) is 11.5 Å². The molecule has 1 amide bonds. The molecule has 2 aromatic carbocycles. The molecule has 0 bridgehead atoms. The van der Waals surface area contributed by atoms with Crippen LogP contribution in [0.5, 0.6) is 0 Å². The molecule has 1 N–H and O–H groups in total. The van der Waals surface area contributed by atoms with Crippen LogP contribution in [-0.4, -0.2) is 23.4 Å². The van der Waals surface area contributed by atoms with Crippen LogP contribution in [0.15, 0.2) is 60.0 Å². The number of thiophene rings is 1. The van der Waals surface area contributed by atoms with Gasteiger partial charge < -0.3 is 10.1 Å². The summed E-state index contributed by atoms with van der Waals surface area (Å²) in [6, 6.07) is 15.6. The van der Waals surface area contributed by atoms with E-state index >= 15 is 0 Å². The molecule has 0 unspecified atom stereocenters. The molecule has 3 rings (SSSR count). The Morgan fingerprint density at radius 2 is 1.90 bits per heavy atom. The second-order valence-corrected chi connectivity index (χ2v) is 7.29. The van der Waals surface area contributed by atoms with Crippen molar-refractivity contribution >= 4 is 33.9 Å². The predicted molar refractivity (Wildman–Crippen MR) is 116 cm³/mol. The molecule has 0 aliphatic carbocycles. The fraction of sp³-hybridized carbons (Fsp3) is 0.182. The minimum absolute atomic E-state index is 0.0815. The fourth-order valence-corrected chi connectivity index (χ4v) is 3.92. The highest BCUT2D eigenvalue weighted by atomic mass is 32.1. The Morgan fingerprint density at radius 1 is 1.13 bits per heavy atom. The number of esters is 1. The molecule has 8 heteroatoms. The number of benzene rings is 2. The molecule has 0 fully saturated rings. The van der Waals surface area contributed by atoms with Crippen LogP contribution in [0.25, 0.3) is 11.1 Å². The summed E-state index contributed by atoms with van der Waals surface area (Å²) in [6.45, 7) is 1.86. The number of ether oxygens (including phenoxy) is 1. The van der Waals surface area contributed by atoms with E-state index in [9.17, 15) is 19.7 Å². The third-order valence-electron chi connectivity index (χ3n) is 4.38. The lowest BCUT2D eigenvalue weighted by Gasteiger charge is -2.09. The molecule has 7 nitrogen and oxygen atoms in total. The Kier molecular flexibility index (Phi) is 6.92. The Bertz CT molecular complexity index is 1060. The molecule has 1 heterocycles. The summed E-state index contributed by atoms with van der Waals surface area (Å²) < 4.78 is 5.16. The van der Waals surface area contributed by atoms with E-state index in [1.807, 2.05) is 30.3 Å². The van der Waals surface area contributed by atoms with Gasteiger partial charge in [-0.3, -0.25) is 14.9 Å². The van der Waals surface area contributed by atoms with Crippen molar-refractivity contribution in [1.82, 2.24) is 0 Å². The Hall–Kier alpha value is -3.52. The van der Waals surface area contributed by atoms with E-state index in [2.05, 4.69) is 5.32 Å². The summed E-state index contributed by atoms with van der Waals surface area (Å²) in [7, 11) is 0. The van der Waals surface area contributed by atoms with Gasteiger partial charge in [-0.25, -0.2) is 4.79 Å². The summed E-state index contributed by atoms with van der Waals surface area (Å²) in [6.07, 6.45) is 0.834. The fourth-order valence-electron chi connectivity index (χ4n) is 2.95. The van der Waals surface area contributed by atoms with Gasteiger partial charge in [0, 0.05) is 29.5 Å². The van der Waals surface area contributed by atoms with Gasteiger partial charge in [-0.2, -0.15) is 0 Å². The van der Waals surface area contributed by atoms with Crippen LogP contribution in [0.1, 0.15) is 29.3 Å². The zero-order valence-electron chi connectivity index (χ0n) is 16.3. The van der Waals surface area contributed by atoms with Crippen molar-refractivity contribution in [3.63, 3.8) is 0 Å². The van der Waals surface area contributed by atoms with Crippen LogP contribution in [0.4, 0.5) is 10.7 Å². The molecule has 1 aromatic heterocycles. The van der Waals surface area contributed by atoms with Crippen LogP contribution >= 0.6 is 11.3 Å². The minimum Gasteiger partial charge on any atom is -0.462 e. The second-order valence-electron chi connectivity index (χ2n) is 6.42. The quantitative estimate of drug-likeness (QED) is 0.309. The first-order valence-corrected chi connectivity index (χ1v) is 10.2. The van der Waals surface area contributed by atoms with Crippen molar-refractivity contribution in [3.8, 4) is 11.1 Å². The van der Waals surface area contributed by atoms with Crippen molar-refractivity contribution < 1.29 is 19.2 Å². The molecular weight excluding hydrogens is 404 g/mol. The topological polar surface area (TPSA) is 98.5 Å². The molecule has 30 heavy (non-hydrogen) atoms. The summed E-state index contributed by atoms with van der Waals surface area (Å²) in [5.41, 5.74) is 2.16. The summed E-state index contributed by atoms with van der Waals surface area (Å²) in [5.74, 6) is -0.810. The SMILES string of the molecule is CCOC(=O)c1c(-c2cccc([N+](=O)[O-])c2)csc1NC(=O)CCc1ccccc1. The van der Waals surface area contributed by atoms with Gasteiger partial charge in [-0.1, -0.05) is 42.5 Å². The predicted octanol–water partition coefficient (Wildman–Crippen LogP) is 5.07. The maximum atomic E-state index is 12.6. The number of aryl methyl sites for hydroxylation is 1. The maximum Gasteiger partial charge on any atom is 0.341 e. The van der Waals surface area contributed by atoms with Crippen LogP contribution in [-0.2, 0) is 16.0 Å².